The average molecular weight is 247 g/mol. The number of rotatable bonds is 7. The van der Waals surface area contributed by atoms with Crippen molar-refractivity contribution in [1.82, 2.24) is 0 Å². The van der Waals surface area contributed by atoms with Crippen LogP contribution in [0.1, 0.15) is 65.2 Å². The number of nitrogens with two attached hydrogens (primary N) is 1. The van der Waals surface area contributed by atoms with Crippen LogP contribution >= 0.6 is 0 Å². The molecule has 17 heavy (non-hydrogen) atoms. The Labute approximate surface area is 104 Å². The van der Waals surface area contributed by atoms with Crippen molar-refractivity contribution >= 4 is 0 Å². The van der Waals surface area contributed by atoms with Crippen LogP contribution in [0.15, 0.2) is 0 Å². The van der Waals surface area contributed by atoms with Crippen molar-refractivity contribution in [2.24, 2.45) is 17.6 Å². The van der Waals surface area contributed by atoms with E-state index in [1.165, 1.54) is 12.8 Å². The van der Waals surface area contributed by atoms with Gasteiger partial charge in [-0.1, -0.05) is 33.1 Å². The van der Waals surface area contributed by atoms with Gasteiger partial charge in [-0.2, -0.15) is 0 Å². The van der Waals surface area contributed by atoms with Gasteiger partial charge in [-0.25, -0.2) is 8.78 Å². The molecular formula is C14H27F2N. The predicted molar refractivity (Wildman–Crippen MR) is 68.2 cm³/mol. The molecule has 0 radical (unpaired) electrons. The molecule has 1 aliphatic carbocycles. The molecule has 102 valence electrons. The van der Waals surface area contributed by atoms with Gasteiger partial charge in [0.05, 0.1) is 0 Å². The summed E-state index contributed by atoms with van der Waals surface area (Å²) in [4.78, 5) is 0. The van der Waals surface area contributed by atoms with Gasteiger partial charge in [0.15, 0.2) is 0 Å². The largest absolute Gasteiger partial charge is 0.327 e. The zero-order valence-corrected chi connectivity index (χ0v) is 11.2. The first-order valence-corrected chi connectivity index (χ1v) is 7.12. The van der Waals surface area contributed by atoms with Crippen LogP contribution in [0.3, 0.4) is 0 Å². The molecule has 0 bridgehead atoms. The van der Waals surface area contributed by atoms with Crippen molar-refractivity contribution < 1.29 is 8.78 Å². The zero-order valence-electron chi connectivity index (χ0n) is 11.2. The smallest absolute Gasteiger partial charge is 0.248 e. The van der Waals surface area contributed by atoms with E-state index in [0.717, 1.165) is 19.3 Å². The van der Waals surface area contributed by atoms with Crippen molar-refractivity contribution in [1.29, 1.82) is 0 Å². The average Bonchev–Trinajstić information content (AvgIpc) is 2.59. The highest BCUT2D eigenvalue weighted by molar-refractivity contribution is 4.85. The Hall–Kier alpha value is -0.180. The molecule has 0 amide bonds. The second-order valence-corrected chi connectivity index (χ2v) is 5.67. The number of hydrogen-bond acceptors (Lipinski definition) is 1. The Balaban J connectivity index is 2.34. The molecule has 0 saturated heterocycles. The maximum absolute atomic E-state index is 13.1. The van der Waals surface area contributed by atoms with E-state index in [4.69, 9.17) is 5.73 Å². The Morgan fingerprint density at radius 3 is 2.53 bits per heavy atom. The summed E-state index contributed by atoms with van der Waals surface area (Å²) in [6, 6.07) is 0.116. The van der Waals surface area contributed by atoms with Gasteiger partial charge >= 0.3 is 0 Å². The number of halogens is 2. The highest BCUT2D eigenvalue weighted by atomic mass is 19.3. The Morgan fingerprint density at radius 1 is 1.35 bits per heavy atom. The molecule has 1 nitrogen and oxygen atoms in total. The number of unbranched alkanes of at least 4 members (excludes halogenated alkanes) is 1. The third kappa shape index (κ3) is 4.90. The molecule has 3 unspecified atom stereocenters. The molecule has 2 N–H and O–H groups in total. The maximum Gasteiger partial charge on any atom is 0.248 e. The quantitative estimate of drug-likeness (QED) is 0.711. The van der Waals surface area contributed by atoms with E-state index in [1.807, 2.05) is 0 Å². The predicted octanol–water partition coefficient (Wildman–Crippen LogP) is 4.36. The van der Waals surface area contributed by atoms with Crippen LogP contribution in [0.5, 0.6) is 0 Å². The van der Waals surface area contributed by atoms with Crippen molar-refractivity contribution in [2.45, 2.75) is 77.2 Å². The van der Waals surface area contributed by atoms with E-state index >= 15 is 0 Å². The van der Waals surface area contributed by atoms with Gasteiger partial charge in [-0.3, -0.25) is 0 Å². The van der Waals surface area contributed by atoms with Gasteiger partial charge in [0, 0.05) is 18.9 Å². The van der Waals surface area contributed by atoms with Gasteiger partial charge in [0.25, 0.3) is 0 Å². The van der Waals surface area contributed by atoms with Crippen molar-refractivity contribution in [2.75, 3.05) is 0 Å². The van der Waals surface area contributed by atoms with Crippen LogP contribution < -0.4 is 5.73 Å². The Kier molecular flexibility index (Phi) is 5.84. The monoisotopic (exact) mass is 247 g/mol. The van der Waals surface area contributed by atoms with Crippen LogP contribution in [0, 0.1) is 11.8 Å². The Bertz CT molecular complexity index is 218. The normalized spacial score (nSPS) is 27.0. The minimum Gasteiger partial charge on any atom is -0.327 e. The van der Waals surface area contributed by atoms with E-state index in [0.29, 0.717) is 12.3 Å². The topological polar surface area (TPSA) is 26.0 Å². The van der Waals surface area contributed by atoms with E-state index in [2.05, 4.69) is 13.8 Å². The molecule has 1 saturated carbocycles. The first-order valence-electron chi connectivity index (χ1n) is 7.12. The van der Waals surface area contributed by atoms with Crippen molar-refractivity contribution in [3.63, 3.8) is 0 Å². The van der Waals surface area contributed by atoms with Gasteiger partial charge in [-0.05, 0) is 31.1 Å². The summed E-state index contributed by atoms with van der Waals surface area (Å²) in [5.74, 6) is -1.75. The second-order valence-electron chi connectivity index (χ2n) is 5.67. The van der Waals surface area contributed by atoms with Crippen molar-refractivity contribution in [3.8, 4) is 0 Å². The summed E-state index contributed by atoms with van der Waals surface area (Å²) < 4.78 is 26.2. The lowest BCUT2D eigenvalue weighted by molar-refractivity contribution is 0.00420. The minimum atomic E-state index is -2.42. The van der Waals surface area contributed by atoms with Crippen LogP contribution in [-0.2, 0) is 0 Å². The fourth-order valence-electron chi connectivity index (χ4n) is 3.01. The summed E-state index contributed by atoms with van der Waals surface area (Å²) >= 11 is 0. The van der Waals surface area contributed by atoms with Crippen LogP contribution in [0.25, 0.3) is 0 Å². The maximum atomic E-state index is 13.1. The van der Waals surface area contributed by atoms with Gasteiger partial charge in [0.2, 0.25) is 5.92 Å². The fraction of sp³-hybridized carbons (Fsp3) is 1.00. The molecule has 1 rings (SSSR count). The highest BCUT2D eigenvalue weighted by Gasteiger charge is 2.40. The second kappa shape index (κ2) is 6.67. The molecule has 0 heterocycles. The van der Waals surface area contributed by atoms with E-state index < -0.39 is 5.92 Å². The van der Waals surface area contributed by atoms with Crippen molar-refractivity contribution in [3.05, 3.63) is 0 Å². The molecule has 1 aliphatic rings. The van der Waals surface area contributed by atoms with Gasteiger partial charge in [-0.15, -0.1) is 0 Å². The summed E-state index contributed by atoms with van der Waals surface area (Å²) in [5, 5.41) is 0. The summed E-state index contributed by atoms with van der Waals surface area (Å²) in [5.41, 5.74) is 6.19. The minimum absolute atomic E-state index is 0.0604. The number of alkyl halides is 2. The lowest BCUT2D eigenvalue weighted by atomic mass is 9.85. The zero-order chi connectivity index (χ0) is 12.9. The summed E-state index contributed by atoms with van der Waals surface area (Å²) in [6.07, 6.45) is 6.18. The third-order valence-electron chi connectivity index (χ3n) is 4.17. The molecule has 0 aromatic carbocycles. The lowest BCUT2D eigenvalue weighted by Gasteiger charge is -2.25. The Morgan fingerprint density at radius 2 is 2.06 bits per heavy atom. The molecular weight excluding hydrogens is 220 g/mol. The lowest BCUT2D eigenvalue weighted by Crippen LogP contribution is -2.32. The van der Waals surface area contributed by atoms with E-state index in [9.17, 15) is 8.78 Å². The first kappa shape index (κ1) is 14.9. The standard InChI is InChI=1S/C14H27F2N/c1-3-5-6-12(4-2)13(17)9-11-7-8-14(15,16)10-11/h11-13H,3-10,17H2,1-2H3. The fourth-order valence-corrected chi connectivity index (χ4v) is 3.01. The third-order valence-corrected chi connectivity index (χ3v) is 4.17. The van der Waals surface area contributed by atoms with Gasteiger partial charge in [0.1, 0.15) is 0 Å². The highest BCUT2D eigenvalue weighted by Crippen LogP contribution is 2.41. The molecule has 1 fully saturated rings. The number of hydrogen-bond donors (Lipinski definition) is 1. The van der Waals surface area contributed by atoms with Crippen LogP contribution in [0.4, 0.5) is 8.78 Å². The molecule has 3 heteroatoms. The first-order chi connectivity index (χ1) is 7.98. The van der Waals surface area contributed by atoms with Gasteiger partial charge < -0.3 is 5.73 Å². The molecule has 3 atom stereocenters. The molecule has 0 aromatic heterocycles. The summed E-state index contributed by atoms with van der Waals surface area (Å²) in [6.45, 7) is 4.33. The SMILES string of the molecule is CCCCC(CC)C(N)CC1CCC(F)(F)C1. The van der Waals surface area contributed by atoms with Crippen LogP contribution in [0.2, 0.25) is 0 Å². The van der Waals surface area contributed by atoms with E-state index in [-0.39, 0.29) is 24.8 Å². The summed E-state index contributed by atoms with van der Waals surface area (Å²) in [7, 11) is 0. The van der Waals surface area contributed by atoms with Crippen LogP contribution in [-0.4, -0.2) is 12.0 Å². The molecule has 0 aliphatic heterocycles. The van der Waals surface area contributed by atoms with E-state index in [1.54, 1.807) is 0 Å². The molecule has 0 spiro atoms. The molecule has 0 aromatic rings.